The lowest BCUT2D eigenvalue weighted by Crippen LogP contribution is -2.15. The summed E-state index contributed by atoms with van der Waals surface area (Å²) in [5.74, 6) is -0.450. The zero-order valence-corrected chi connectivity index (χ0v) is 16.2. The van der Waals surface area contributed by atoms with E-state index in [1.165, 1.54) is 25.4 Å². The Morgan fingerprint density at radius 2 is 2.07 bits per heavy atom. The summed E-state index contributed by atoms with van der Waals surface area (Å²) in [6.45, 7) is 1.72. The Morgan fingerprint density at radius 3 is 2.80 bits per heavy atom. The van der Waals surface area contributed by atoms with Gasteiger partial charge in [0.1, 0.15) is 29.0 Å². The Labute approximate surface area is 171 Å². The molecule has 148 valence electrons. The van der Waals surface area contributed by atoms with E-state index in [1.807, 2.05) is 6.07 Å². The van der Waals surface area contributed by atoms with Gasteiger partial charge in [-0.15, -0.1) is 0 Å². The quantitative estimate of drug-likeness (QED) is 0.533. The number of amides is 1. The minimum absolute atomic E-state index is 0.233. The second-order valence-corrected chi connectivity index (χ2v) is 6.67. The van der Waals surface area contributed by atoms with Crippen LogP contribution in [0.4, 0.5) is 10.1 Å². The van der Waals surface area contributed by atoms with Gasteiger partial charge in [-0.25, -0.2) is 9.37 Å². The average molecular weight is 401 g/mol. The number of aromatic nitrogens is 3. The van der Waals surface area contributed by atoms with Gasteiger partial charge in [0.25, 0.3) is 5.91 Å². The number of fused-ring (bicyclic) bond motifs is 1. The number of benzene rings is 2. The monoisotopic (exact) mass is 401 g/mol. The summed E-state index contributed by atoms with van der Waals surface area (Å²) in [6.07, 6.45) is 1.36. The Morgan fingerprint density at radius 1 is 1.23 bits per heavy atom. The number of aryl methyl sites for hydroxylation is 1. The van der Waals surface area contributed by atoms with Gasteiger partial charge < -0.3 is 10.1 Å². The van der Waals surface area contributed by atoms with E-state index in [-0.39, 0.29) is 5.69 Å². The topological polar surface area (TPSA) is 104 Å². The van der Waals surface area contributed by atoms with Crippen molar-refractivity contribution in [1.29, 1.82) is 5.26 Å². The van der Waals surface area contributed by atoms with Crippen molar-refractivity contribution >= 4 is 22.5 Å². The fourth-order valence-electron chi connectivity index (χ4n) is 3.19. The molecule has 0 unspecified atom stereocenters. The van der Waals surface area contributed by atoms with Crippen LogP contribution in [-0.2, 0) is 0 Å². The molecule has 1 amide bonds. The minimum atomic E-state index is -0.438. The molecular formula is C22H16FN5O2. The van der Waals surface area contributed by atoms with Gasteiger partial charge in [0, 0.05) is 28.9 Å². The number of hydrogen-bond donors (Lipinski definition) is 2. The van der Waals surface area contributed by atoms with E-state index in [9.17, 15) is 9.18 Å². The van der Waals surface area contributed by atoms with Crippen molar-refractivity contribution in [1.82, 2.24) is 15.2 Å². The molecule has 0 aliphatic heterocycles. The van der Waals surface area contributed by atoms with E-state index in [0.717, 1.165) is 5.52 Å². The van der Waals surface area contributed by atoms with Crippen LogP contribution in [0.3, 0.4) is 0 Å². The smallest absolute Gasteiger partial charge is 0.274 e. The van der Waals surface area contributed by atoms with Gasteiger partial charge in [0.2, 0.25) is 0 Å². The van der Waals surface area contributed by atoms with E-state index in [0.29, 0.717) is 39.2 Å². The molecule has 0 fully saturated rings. The van der Waals surface area contributed by atoms with Crippen LogP contribution in [0.2, 0.25) is 0 Å². The van der Waals surface area contributed by atoms with E-state index >= 15 is 0 Å². The standard InChI is InChI=1S/C22H16FN5O2/c1-12-5-13(10-24)11-25-20(12)22(29)26-16-3-4-19-18(9-16)21(28-27-19)14-6-15(23)8-17(7-14)30-2/h3-9,11H,1-2H3,(H,26,29)(H,27,28). The van der Waals surface area contributed by atoms with E-state index in [4.69, 9.17) is 10.00 Å². The van der Waals surface area contributed by atoms with Crippen molar-refractivity contribution in [3.8, 4) is 23.1 Å². The van der Waals surface area contributed by atoms with Crippen molar-refractivity contribution in [2.75, 3.05) is 12.4 Å². The van der Waals surface area contributed by atoms with Gasteiger partial charge in [-0.3, -0.25) is 9.89 Å². The number of halogens is 1. The number of H-pyrrole nitrogens is 1. The third-order valence-corrected chi connectivity index (χ3v) is 4.62. The SMILES string of the molecule is COc1cc(F)cc(-c2n[nH]c3ccc(NC(=O)c4ncc(C#N)cc4C)cc23)c1. The first-order chi connectivity index (χ1) is 14.5. The number of nitrogens with one attached hydrogen (secondary N) is 2. The molecule has 4 aromatic rings. The average Bonchev–Trinajstić information content (AvgIpc) is 3.16. The van der Waals surface area contributed by atoms with Crippen molar-refractivity contribution in [2.45, 2.75) is 6.92 Å². The second-order valence-electron chi connectivity index (χ2n) is 6.67. The van der Waals surface area contributed by atoms with Gasteiger partial charge in [-0.1, -0.05) is 0 Å². The van der Waals surface area contributed by atoms with Crippen molar-refractivity contribution in [3.05, 3.63) is 71.3 Å². The number of rotatable bonds is 4. The minimum Gasteiger partial charge on any atom is -0.497 e. The number of hydrogen-bond acceptors (Lipinski definition) is 5. The molecule has 4 rings (SSSR count). The first kappa shape index (κ1) is 19.1. The molecule has 7 nitrogen and oxygen atoms in total. The van der Waals surface area contributed by atoms with E-state index < -0.39 is 11.7 Å². The molecule has 2 aromatic heterocycles. The Bertz CT molecular complexity index is 1320. The van der Waals surface area contributed by atoms with E-state index in [1.54, 1.807) is 37.3 Å². The lowest BCUT2D eigenvalue weighted by molar-refractivity contribution is 0.102. The van der Waals surface area contributed by atoms with Gasteiger partial charge in [0.15, 0.2) is 0 Å². The lowest BCUT2D eigenvalue weighted by atomic mass is 10.1. The van der Waals surface area contributed by atoms with Crippen LogP contribution in [0.1, 0.15) is 21.6 Å². The molecule has 0 aliphatic rings. The van der Waals surface area contributed by atoms with Crippen LogP contribution < -0.4 is 10.1 Å². The first-order valence-electron chi connectivity index (χ1n) is 8.99. The van der Waals surface area contributed by atoms with Gasteiger partial charge in [-0.05, 0) is 48.9 Å². The largest absolute Gasteiger partial charge is 0.497 e. The Hall–Kier alpha value is -4.25. The lowest BCUT2D eigenvalue weighted by Gasteiger charge is -2.08. The molecule has 0 radical (unpaired) electrons. The number of ether oxygens (including phenoxy) is 1. The molecular weight excluding hydrogens is 385 g/mol. The summed E-state index contributed by atoms with van der Waals surface area (Å²) >= 11 is 0. The van der Waals surface area contributed by atoms with Crippen LogP contribution in [0.5, 0.6) is 5.75 Å². The van der Waals surface area contributed by atoms with Gasteiger partial charge in [0.05, 0.1) is 18.2 Å². The van der Waals surface area contributed by atoms with Gasteiger partial charge in [-0.2, -0.15) is 10.4 Å². The van der Waals surface area contributed by atoms with Crippen LogP contribution in [0, 0.1) is 24.1 Å². The van der Waals surface area contributed by atoms with Crippen molar-refractivity contribution in [2.24, 2.45) is 0 Å². The molecule has 30 heavy (non-hydrogen) atoms. The number of anilines is 1. The summed E-state index contributed by atoms with van der Waals surface area (Å²) < 4.78 is 19.1. The number of nitriles is 1. The number of aromatic amines is 1. The predicted molar refractivity (Wildman–Crippen MR) is 110 cm³/mol. The van der Waals surface area contributed by atoms with Crippen LogP contribution >= 0.6 is 0 Å². The van der Waals surface area contributed by atoms with Crippen LogP contribution in [0.25, 0.3) is 22.2 Å². The summed E-state index contributed by atoms with van der Waals surface area (Å²) in [5, 5.41) is 19.7. The van der Waals surface area contributed by atoms with Crippen LogP contribution in [0.15, 0.2) is 48.7 Å². The van der Waals surface area contributed by atoms with Crippen LogP contribution in [-0.4, -0.2) is 28.2 Å². The molecule has 2 heterocycles. The second kappa shape index (κ2) is 7.64. The number of methoxy groups -OCH3 is 1. The highest BCUT2D eigenvalue weighted by Gasteiger charge is 2.15. The summed E-state index contributed by atoms with van der Waals surface area (Å²) in [4.78, 5) is 16.7. The molecule has 8 heteroatoms. The van der Waals surface area contributed by atoms with E-state index in [2.05, 4.69) is 20.5 Å². The fraction of sp³-hybridized carbons (Fsp3) is 0.0909. The normalized spacial score (nSPS) is 10.6. The Balaban J connectivity index is 1.69. The number of pyridine rings is 1. The number of carbonyl (C=O) groups is 1. The maximum atomic E-state index is 13.9. The third kappa shape index (κ3) is 3.56. The summed E-state index contributed by atoms with van der Waals surface area (Å²) in [7, 11) is 1.47. The number of carbonyl (C=O) groups excluding carboxylic acids is 1. The molecule has 0 spiro atoms. The highest BCUT2D eigenvalue weighted by Crippen LogP contribution is 2.31. The zero-order valence-electron chi connectivity index (χ0n) is 16.2. The molecule has 0 atom stereocenters. The summed E-state index contributed by atoms with van der Waals surface area (Å²) in [6, 6.07) is 13.2. The highest BCUT2D eigenvalue weighted by atomic mass is 19.1. The first-order valence-corrected chi connectivity index (χ1v) is 8.99. The van der Waals surface area contributed by atoms with Gasteiger partial charge >= 0.3 is 0 Å². The molecule has 2 aromatic carbocycles. The maximum absolute atomic E-state index is 13.9. The summed E-state index contributed by atoms with van der Waals surface area (Å²) in [5.41, 5.74) is 3.57. The zero-order chi connectivity index (χ0) is 21.3. The van der Waals surface area contributed by atoms with Crippen molar-refractivity contribution in [3.63, 3.8) is 0 Å². The molecule has 0 saturated heterocycles. The molecule has 0 saturated carbocycles. The van der Waals surface area contributed by atoms with Crippen molar-refractivity contribution < 1.29 is 13.9 Å². The third-order valence-electron chi connectivity index (χ3n) is 4.62. The maximum Gasteiger partial charge on any atom is 0.274 e. The highest BCUT2D eigenvalue weighted by molar-refractivity contribution is 6.05. The number of nitrogens with zero attached hydrogens (tertiary/aromatic N) is 3. The fourth-order valence-corrected chi connectivity index (χ4v) is 3.19. The Kier molecular flexibility index (Phi) is 4.86. The molecule has 0 bridgehead atoms. The molecule has 2 N–H and O–H groups in total. The predicted octanol–water partition coefficient (Wildman–Crippen LogP) is 4.21. The molecule has 0 aliphatic carbocycles.